The molecule has 2 N–H and O–H groups in total. The molecule has 1 atom stereocenters. The van der Waals surface area contributed by atoms with Crippen molar-refractivity contribution in [1.29, 1.82) is 0 Å². The highest BCUT2D eigenvalue weighted by Gasteiger charge is 2.21. The molecule has 1 aromatic carbocycles. The van der Waals surface area contributed by atoms with Crippen molar-refractivity contribution in [3.05, 3.63) is 52.6 Å². The largest absolute Gasteiger partial charge is 0.396 e. The number of fused-ring (bicyclic) bond motifs is 1. The van der Waals surface area contributed by atoms with Crippen molar-refractivity contribution in [2.24, 2.45) is 0 Å². The van der Waals surface area contributed by atoms with E-state index in [0.717, 1.165) is 66.3 Å². The van der Waals surface area contributed by atoms with Gasteiger partial charge in [-0.15, -0.1) is 14.3 Å². The van der Waals surface area contributed by atoms with E-state index in [1.807, 2.05) is 23.6 Å². The summed E-state index contributed by atoms with van der Waals surface area (Å²) in [6.45, 7) is 11.5. The van der Waals surface area contributed by atoms with Crippen LogP contribution >= 0.6 is 9.24 Å². The number of aryl methyl sites for hydroxylation is 1. The summed E-state index contributed by atoms with van der Waals surface area (Å²) in [5, 5.41) is 4.91. The Morgan fingerprint density at radius 3 is 2.47 bits per heavy atom. The first kappa shape index (κ1) is 28.3. The summed E-state index contributed by atoms with van der Waals surface area (Å²) in [6, 6.07) is 7.21. The first-order chi connectivity index (χ1) is 17.4. The zero-order valence-corrected chi connectivity index (χ0v) is 23.5. The molecular weight excluding hydrogens is 472 g/mol. The molecule has 0 saturated carbocycles. The lowest BCUT2D eigenvalue weighted by Gasteiger charge is -2.27. The number of halogens is 1. The van der Waals surface area contributed by atoms with Gasteiger partial charge >= 0.3 is 0 Å². The number of anilines is 2. The van der Waals surface area contributed by atoms with E-state index in [1.54, 1.807) is 6.07 Å². The minimum absolute atomic E-state index is 0.152. The second-order valence-corrected chi connectivity index (χ2v) is 10.3. The van der Waals surface area contributed by atoms with Gasteiger partial charge in [-0.1, -0.05) is 46.2 Å². The smallest absolute Gasteiger partial charge is 0.177 e. The van der Waals surface area contributed by atoms with E-state index < -0.39 is 0 Å². The molecule has 8 heteroatoms. The van der Waals surface area contributed by atoms with Crippen LogP contribution in [0, 0.1) is 5.82 Å². The van der Waals surface area contributed by atoms with Crippen LogP contribution in [-0.2, 0) is 24.0 Å². The molecule has 1 fully saturated rings. The molecule has 36 heavy (non-hydrogen) atoms. The van der Waals surface area contributed by atoms with Gasteiger partial charge in [-0.25, -0.2) is 13.9 Å². The lowest BCUT2D eigenvalue weighted by molar-refractivity contribution is 0.122. The first-order valence-electron chi connectivity index (χ1n) is 13.4. The standard InChI is InChI=1S/C23H30FN5O.C5H13P/c1-3-5-9-20-21(14-16-7-6-8-18(24)17(16)4-2)29-23(26-20)19(25)15-22(27-29)28-10-12-30-13-11-28;1-3-5(6)4-2/h6-8,15H,3-5,9-14,25H2,1-2H3;5H,3-4,6H2,1-2H3. The molecule has 2 aromatic heterocycles. The number of nitrogens with two attached hydrogens (primary N) is 1. The van der Waals surface area contributed by atoms with E-state index in [-0.39, 0.29) is 5.82 Å². The lowest BCUT2D eigenvalue weighted by Crippen LogP contribution is -2.37. The van der Waals surface area contributed by atoms with Gasteiger partial charge in [0, 0.05) is 25.6 Å². The maximum Gasteiger partial charge on any atom is 0.177 e. The van der Waals surface area contributed by atoms with Gasteiger partial charge in [0.25, 0.3) is 0 Å². The average molecular weight is 516 g/mol. The summed E-state index contributed by atoms with van der Waals surface area (Å²) >= 11 is 0. The molecule has 4 rings (SSSR count). The van der Waals surface area contributed by atoms with Crippen LogP contribution in [0.25, 0.3) is 5.65 Å². The molecule has 0 bridgehead atoms. The van der Waals surface area contributed by atoms with Gasteiger partial charge in [-0.2, -0.15) is 0 Å². The summed E-state index contributed by atoms with van der Waals surface area (Å²) in [4.78, 5) is 7.04. The molecule has 198 valence electrons. The highest BCUT2D eigenvalue weighted by Crippen LogP contribution is 2.27. The second kappa shape index (κ2) is 13.9. The predicted molar refractivity (Wildman–Crippen MR) is 152 cm³/mol. The van der Waals surface area contributed by atoms with E-state index in [0.29, 0.717) is 37.4 Å². The number of rotatable bonds is 9. The summed E-state index contributed by atoms with van der Waals surface area (Å²) in [5.41, 5.74) is 12.3. The van der Waals surface area contributed by atoms with Crippen molar-refractivity contribution in [2.75, 3.05) is 36.9 Å². The normalized spacial score (nSPS) is 13.8. The molecule has 1 aliphatic heterocycles. The molecule has 0 amide bonds. The fraction of sp³-hybridized carbons (Fsp3) is 0.571. The third kappa shape index (κ3) is 6.95. The van der Waals surface area contributed by atoms with Crippen LogP contribution < -0.4 is 10.6 Å². The van der Waals surface area contributed by atoms with Crippen LogP contribution in [0.2, 0.25) is 0 Å². The van der Waals surface area contributed by atoms with E-state index >= 15 is 0 Å². The van der Waals surface area contributed by atoms with Gasteiger partial charge in [0.2, 0.25) is 0 Å². The summed E-state index contributed by atoms with van der Waals surface area (Å²) in [7, 11) is 2.81. The van der Waals surface area contributed by atoms with Crippen LogP contribution in [0.4, 0.5) is 15.9 Å². The van der Waals surface area contributed by atoms with Gasteiger partial charge in [0.1, 0.15) is 5.82 Å². The van der Waals surface area contributed by atoms with Crippen molar-refractivity contribution < 1.29 is 9.13 Å². The monoisotopic (exact) mass is 515 g/mol. The number of hydrogen-bond donors (Lipinski definition) is 1. The van der Waals surface area contributed by atoms with Gasteiger partial charge in [0.05, 0.1) is 30.3 Å². The Labute approximate surface area is 218 Å². The van der Waals surface area contributed by atoms with Crippen molar-refractivity contribution in [3.63, 3.8) is 0 Å². The zero-order valence-electron chi connectivity index (χ0n) is 22.4. The van der Waals surface area contributed by atoms with E-state index in [9.17, 15) is 4.39 Å². The molecule has 3 heterocycles. The number of nitrogens with zero attached hydrogens (tertiary/aromatic N) is 4. The Morgan fingerprint density at radius 2 is 1.86 bits per heavy atom. The maximum atomic E-state index is 14.4. The number of imidazole rings is 1. The van der Waals surface area contributed by atoms with Gasteiger partial charge in [-0.05, 0) is 55.0 Å². The van der Waals surface area contributed by atoms with Crippen LogP contribution in [0.3, 0.4) is 0 Å². The van der Waals surface area contributed by atoms with Crippen molar-refractivity contribution in [1.82, 2.24) is 14.6 Å². The van der Waals surface area contributed by atoms with E-state index in [4.69, 9.17) is 20.6 Å². The molecule has 1 saturated heterocycles. The second-order valence-electron chi connectivity index (χ2n) is 9.39. The van der Waals surface area contributed by atoms with Gasteiger partial charge in [0.15, 0.2) is 11.5 Å². The zero-order chi connectivity index (χ0) is 26.1. The van der Waals surface area contributed by atoms with Crippen molar-refractivity contribution in [2.45, 2.75) is 78.3 Å². The van der Waals surface area contributed by atoms with Gasteiger partial charge < -0.3 is 15.4 Å². The van der Waals surface area contributed by atoms with Crippen LogP contribution in [-0.4, -0.2) is 46.6 Å². The maximum absolute atomic E-state index is 14.4. The Morgan fingerprint density at radius 1 is 1.14 bits per heavy atom. The van der Waals surface area contributed by atoms with Crippen LogP contribution in [0.5, 0.6) is 0 Å². The number of nitrogen functional groups attached to an aromatic ring is 1. The summed E-state index contributed by atoms with van der Waals surface area (Å²) < 4.78 is 21.7. The van der Waals surface area contributed by atoms with E-state index in [2.05, 4.69) is 34.9 Å². The Balaban J connectivity index is 0.000000538. The fourth-order valence-corrected chi connectivity index (χ4v) is 4.42. The number of benzene rings is 1. The molecular formula is C28H43FN5OP. The van der Waals surface area contributed by atoms with Gasteiger partial charge in [-0.3, -0.25) is 0 Å². The van der Waals surface area contributed by atoms with Crippen LogP contribution in [0.15, 0.2) is 24.3 Å². The average Bonchev–Trinajstić information content (AvgIpc) is 3.25. The number of aromatic nitrogens is 3. The van der Waals surface area contributed by atoms with E-state index in [1.165, 1.54) is 18.9 Å². The molecule has 0 aliphatic carbocycles. The molecule has 1 aliphatic rings. The first-order valence-corrected chi connectivity index (χ1v) is 14.1. The third-order valence-corrected chi connectivity index (χ3v) is 7.80. The predicted octanol–water partition coefficient (Wildman–Crippen LogP) is 5.83. The number of unbranched alkanes of at least 4 members (excludes halogenated alkanes) is 1. The molecule has 6 nitrogen and oxygen atoms in total. The fourth-order valence-electron chi connectivity index (χ4n) is 4.42. The lowest BCUT2D eigenvalue weighted by atomic mass is 9.99. The molecule has 0 radical (unpaired) electrons. The molecule has 3 aromatic rings. The van der Waals surface area contributed by atoms with Crippen molar-refractivity contribution >= 4 is 26.4 Å². The molecule has 1 unspecified atom stereocenters. The summed E-state index contributed by atoms with van der Waals surface area (Å²) in [6.07, 6.45) is 6.80. The minimum Gasteiger partial charge on any atom is -0.396 e. The Bertz CT molecular complexity index is 1110. The minimum atomic E-state index is -0.152. The highest BCUT2D eigenvalue weighted by molar-refractivity contribution is 7.17. The summed E-state index contributed by atoms with van der Waals surface area (Å²) in [5.74, 6) is 0.680. The number of ether oxygens (including phenoxy) is 1. The number of morpholine rings is 1. The van der Waals surface area contributed by atoms with Crippen molar-refractivity contribution in [3.8, 4) is 0 Å². The highest BCUT2D eigenvalue weighted by atomic mass is 31.0. The molecule has 0 spiro atoms. The quantitative estimate of drug-likeness (QED) is 0.363. The Hall–Kier alpha value is -2.24. The Kier molecular flexibility index (Phi) is 10.9. The topological polar surface area (TPSA) is 68.7 Å². The number of hydrogen-bond acceptors (Lipinski definition) is 5. The SMILES string of the molecule is CCC(P)CC.CCCCc1nc2c(N)cc(N3CCOCC3)nn2c1Cc1cccc(F)c1CC. The third-order valence-electron chi connectivity index (χ3n) is 6.85. The van der Waals surface area contributed by atoms with Crippen LogP contribution in [0.1, 0.15) is 75.9 Å².